The quantitative estimate of drug-likeness (QED) is 0.546. The molecule has 3 aromatic rings. The Labute approximate surface area is 179 Å². The number of Topliss-reactive ketones (excluding diaryl/α,β-unsaturated/α-hetero) is 1. The lowest BCUT2D eigenvalue weighted by atomic mass is 9.95. The van der Waals surface area contributed by atoms with Crippen LogP contribution in [0.3, 0.4) is 0 Å². The summed E-state index contributed by atoms with van der Waals surface area (Å²) in [5, 5.41) is 5.48. The van der Waals surface area contributed by atoms with Crippen molar-refractivity contribution in [2.75, 3.05) is 6.54 Å². The van der Waals surface area contributed by atoms with Crippen molar-refractivity contribution >= 4 is 16.6 Å². The summed E-state index contributed by atoms with van der Waals surface area (Å²) in [5.41, 5.74) is 1.74. The third-order valence-corrected chi connectivity index (χ3v) is 6.03. The summed E-state index contributed by atoms with van der Waals surface area (Å²) in [4.78, 5) is 13.4. The first kappa shape index (κ1) is 21.5. The summed E-state index contributed by atoms with van der Waals surface area (Å²) in [7, 11) is 0. The van der Waals surface area contributed by atoms with Crippen molar-refractivity contribution in [1.82, 2.24) is 10.2 Å². The number of carbonyl (C=O) groups excluding carboxylic acids is 1. The van der Waals surface area contributed by atoms with Crippen molar-refractivity contribution in [2.24, 2.45) is 0 Å². The molecule has 1 aliphatic rings. The lowest BCUT2D eigenvalue weighted by Gasteiger charge is -2.30. The minimum absolute atomic E-state index is 0.0150. The Bertz CT molecular complexity index is 1050. The van der Waals surface area contributed by atoms with E-state index >= 15 is 0 Å². The molecule has 1 heterocycles. The van der Waals surface area contributed by atoms with Crippen LogP contribution in [-0.2, 0) is 11.2 Å². The molecule has 6 heteroatoms. The highest BCUT2D eigenvalue weighted by molar-refractivity contribution is 5.88. The molecular weight excluding hydrogens is 401 g/mol. The molecule has 3 aromatic carbocycles. The van der Waals surface area contributed by atoms with Crippen LogP contribution in [0.2, 0.25) is 0 Å². The molecule has 4 rings (SSSR count). The van der Waals surface area contributed by atoms with Gasteiger partial charge in [-0.05, 0) is 35.2 Å². The Kier molecular flexibility index (Phi) is 6.12. The minimum atomic E-state index is -4.55. The highest BCUT2D eigenvalue weighted by atomic mass is 19.4. The first-order chi connectivity index (χ1) is 14.8. The number of hydrogen-bond acceptors (Lipinski definition) is 3. The number of hydrogen-bond donors (Lipinski definition) is 1. The molecule has 1 N–H and O–H groups in total. The smallest absolute Gasteiger partial charge is 0.305 e. The molecule has 31 heavy (non-hydrogen) atoms. The van der Waals surface area contributed by atoms with Gasteiger partial charge in [0.1, 0.15) is 0 Å². The van der Waals surface area contributed by atoms with Gasteiger partial charge in [-0.3, -0.25) is 4.79 Å². The number of benzene rings is 3. The molecule has 3 atom stereocenters. The van der Waals surface area contributed by atoms with Crippen LogP contribution in [0.4, 0.5) is 13.2 Å². The van der Waals surface area contributed by atoms with E-state index in [0.29, 0.717) is 4.90 Å². The van der Waals surface area contributed by atoms with Gasteiger partial charge in [-0.1, -0.05) is 72.8 Å². The molecule has 0 saturated carbocycles. The summed E-state index contributed by atoms with van der Waals surface area (Å²) in [6, 6.07) is 20.8. The van der Waals surface area contributed by atoms with Crippen molar-refractivity contribution in [1.29, 1.82) is 0 Å². The van der Waals surface area contributed by atoms with Crippen LogP contribution in [0.1, 0.15) is 30.5 Å². The average Bonchev–Trinajstić information content (AvgIpc) is 3.18. The first-order valence-corrected chi connectivity index (χ1v) is 10.5. The fraction of sp³-hybridized carbons (Fsp3) is 0.320. The Hall–Kier alpha value is -2.70. The zero-order valence-electron chi connectivity index (χ0n) is 17.3. The third-order valence-electron chi connectivity index (χ3n) is 6.03. The number of carbonyl (C=O) groups is 1. The van der Waals surface area contributed by atoms with Crippen LogP contribution in [0, 0.1) is 0 Å². The molecule has 0 spiro atoms. The number of nitrogens with one attached hydrogen (secondary N) is 1. The molecule has 1 aliphatic heterocycles. The Morgan fingerprint density at radius 3 is 2.45 bits per heavy atom. The topological polar surface area (TPSA) is 32.3 Å². The van der Waals surface area contributed by atoms with Crippen LogP contribution in [0.15, 0.2) is 72.8 Å². The maximum absolute atomic E-state index is 13.7. The summed E-state index contributed by atoms with van der Waals surface area (Å²) in [5.74, 6) is -0.413. The van der Waals surface area contributed by atoms with Crippen molar-refractivity contribution in [2.45, 2.75) is 44.2 Å². The molecule has 0 radical (unpaired) electrons. The number of nitrogens with zero attached hydrogens (tertiary/aromatic N) is 1. The molecule has 2 unspecified atom stereocenters. The van der Waals surface area contributed by atoms with Gasteiger partial charge in [-0.25, -0.2) is 4.90 Å². The van der Waals surface area contributed by atoms with Crippen LogP contribution in [0.25, 0.3) is 10.8 Å². The SMILES string of the molecule is C[C@@H](NC1CCN(C(F)(F)F)C1C(=O)Cc1ccccc1)c1cccc2ccccc12. The second kappa shape index (κ2) is 8.81. The Morgan fingerprint density at radius 2 is 1.71 bits per heavy atom. The normalized spacial score (nSPS) is 20.8. The fourth-order valence-corrected chi connectivity index (χ4v) is 4.59. The van der Waals surface area contributed by atoms with Crippen molar-refractivity contribution < 1.29 is 18.0 Å². The van der Waals surface area contributed by atoms with E-state index in [1.165, 1.54) is 0 Å². The van der Waals surface area contributed by atoms with E-state index in [1.54, 1.807) is 24.3 Å². The number of halogens is 3. The van der Waals surface area contributed by atoms with Gasteiger partial charge in [0, 0.05) is 25.0 Å². The number of fused-ring (bicyclic) bond motifs is 1. The molecule has 0 aliphatic carbocycles. The van der Waals surface area contributed by atoms with E-state index in [1.807, 2.05) is 55.5 Å². The number of ketones is 1. The zero-order chi connectivity index (χ0) is 22.0. The van der Waals surface area contributed by atoms with Gasteiger partial charge in [0.15, 0.2) is 5.78 Å². The van der Waals surface area contributed by atoms with E-state index < -0.39 is 24.2 Å². The molecular formula is C25H25F3N2O. The van der Waals surface area contributed by atoms with Gasteiger partial charge >= 0.3 is 6.30 Å². The largest absolute Gasteiger partial charge is 0.460 e. The molecule has 3 nitrogen and oxygen atoms in total. The summed E-state index contributed by atoms with van der Waals surface area (Å²) >= 11 is 0. The van der Waals surface area contributed by atoms with Crippen LogP contribution in [0.5, 0.6) is 0 Å². The number of alkyl halides is 3. The van der Waals surface area contributed by atoms with E-state index in [9.17, 15) is 18.0 Å². The minimum Gasteiger partial charge on any atom is -0.305 e. The molecule has 1 saturated heterocycles. The fourth-order valence-electron chi connectivity index (χ4n) is 4.59. The van der Waals surface area contributed by atoms with Crippen molar-refractivity contribution in [3.8, 4) is 0 Å². The predicted octanol–water partition coefficient (Wildman–Crippen LogP) is 5.26. The molecule has 0 bridgehead atoms. The molecule has 162 valence electrons. The maximum Gasteiger partial charge on any atom is 0.460 e. The second-order valence-electron chi connectivity index (χ2n) is 8.09. The highest BCUT2D eigenvalue weighted by Gasteiger charge is 2.51. The van der Waals surface area contributed by atoms with E-state index in [-0.39, 0.29) is 25.4 Å². The van der Waals surface area contributed by atoms with Gasteiger partial charge in [0.2, 0.25) is 0 Å². The maximum atomic E-state index is 13.7. The van der Waals surface area contributed by atoms with Crippen LogP contribution < -0.4 is 5.32 Å². The Morgan fingerprint density at radius 1 is 1.03 bits per heavy atom. The standard InChI is InChI=1S/C25H25F3N2O/c1-17(20-13-7-11-19-10-5-6-12-21(19)20)29-22-14-15-30(25(26,27)28)24(22)23(31)16-18-8-3-2-4-9-18/h2-13,17,22,24,29H,14-16H2,1H3/t17-,22?,24?/m1/s1. The lowest BCUT2D eigenvalue weighted by molar-refractivity contribution is -0.249. The number of likely N-dealkylation sites (tertiary alicyclic amines) is 1. The first-order valence-electron chi connectivity index (χ1n) is 10.5. The zero-order valence-corrected chi connectivity index (χ0v) is 17.3. The van der Waals surface area contributed by atoms with Crippen LogP contribution in [-0.4, -0.2) is 35.6 Å². The molecule has 0 amide bonds. The van der Waals surface area contributed by atoms with E-state index in [4.69, 9.17) is 0 Å². The average molecular weight is 426 g/mol. The molecule has 1 fully saturated rings. The van der Waals surface area contributed by atoms with Gasteiger partial charge in [0.25, 0.3) is 0 Å². The van der Waals surface area contributed by atoms with Gasteiger partial charge in [-0.15, -0.1) is 0 Å². The number of rotatable bonds is 6. The Balaban J connectivity index is 1.58. The van der Waals surface area contributed by atoms with E-state index in [2.05, 4.69) is 5.32 Å². The molecule has 0 aromatic heterocycles. The monoisotopic (exact) mass is 426 g/mol. The van der Waals surface area contributed by atoms with Crippen LogP contribution >= 0.6 is 0 Å². The summed E-state index contributed by atoms with van der Waals surface area (Å²) < 4.78 is 41.1. The lowest BCUT2D eigenvalue weighted by Crippen LogP contribution is -2.53. The third kappa shape index (κ3) is 4.65. The van der Waals surface area contributed by atoms with Gasteiger partial charge in [-0.2, -0.15) is 13.2 Å². The van der Waals surface area contributed by atoms with Gasteiger partial charge < -0.3 is 5.32 Å². The summed E-state index contributed by atoms with van der Waals surface area (Å²) in [6.07, 6.45) is -4.30. The summed E-state index contributed by atoms with van der Waals surface area (Å²) in [6.45, 7) is 1.76. The predicted molar refractivity (Wildman–Crippen MR) is 116 cm³/mol. The van der Waals surface area contributed by atoms with Crippen molar-refractivity contribution in [3.63, 3.8) is 0 Å². The van der Waals surface area contributed by atoms with E-state index in [0.717, 1.165) is 21.9 Å². The second-order valence-corrected chi connectivity index (χ2v) is 8.09. The highest BCUT2D eigenvalue weighted by Crippen LogP contribution is 2.34. The van der Waals surface area contributed by atoms with Crippen molar-refractivity contribution in [3.05, 3.63) is 83.9 Å². The van der Waals surface area contributed by atoms with Gasteiger partial charge in [0.05, 0.1) is 6.04 Å².